The molecule has 0 spiro atoms. The molecule has 0 aliphatic rings. The molecule has 1 aromatic rings. The van der Waals surface area contributed by atoms with Crippen molar-refractivity contribution in [3.63, 3.8) is 0 Å². The van der Waals surface area contributed by atoms with E-state index in [1.807, 2.05) is 0 Å². The lowest BCUT2D eigenvalue weighted by Gasteiger charge is -2.27. The SMILES string of the molecule is CCCC(C)(CC)CCc1ccccc1. The zero-order valence-electron chi connectivity index (χ0n) is 10.4. The van der Waals surface area contributed by atoms with Crippen LogP contribution in [-0.4, -0.2) is 0 Å². The second-order valence-corrected chi connectivity index (χ2v) is 4.90. The van der Waals surface area contributed by atoms with Crippen molar-refractivity contribution >= 4 is 0 Å². The van der Waals surface area contributed by atoms with Gasteiger partial charge in [-0.3, -0.25) is 0 Å². The molecule has 0 radical (unpaired) electrons. The molecule has 0 saturated heterocycles. The van der Waals surface area contributed by atoms with Gasteiger partial charge in [-0.25, -0.2) is 0 Å². The summed E-state index contributed by atoms with van der Waals surface area (Å²) in [7, 11) is 0. The number of rotatable bonds is 6. The molecule has 0 N–H and O–H groups in total. The van der Waals surface area contributed by atoms with Gasteiger partial charge in [-0.15, -0.1) is 0 Å². The zero-order chi connectivity index (χ0) is 11.1. The van der Waals surface area contributed by atoms with Gasteiger partial charge in [0.25, 0.3) is 0 Å². The fourth-order valence-electron chi connectivity index (χ4n) is 2.17. The van der Waals surface area contributed by atoms with Crippen molar-refractivity contribution in [1.82, 2.24) is 0 Å². The molecule has 84 valence electrons. The first-order valence-corrected chi connectivity index (χ1v) is 6.24. The topological polar surface area (TPSA) is 0 Å². The molecule has 0 aliphatic heterocycles. The van der Waals surface area contributed by atoms with Crippen LogP contribution < -0.4 is 0 Å². The van der Waals surface area contributed by atoms with E-state index in [1.165, 1.54) is 37.7 Å². The number of aryl methyl sites for hydroxylation is 1. The van der Waals surface area contributed by atoms with E-state index in [2.05, 4.69) is 51.1 Å². The van der Waals surface area contributed by atoms with E-state index in [4.69, 9.17) is 0 Å². The minimum Gasteiger partial charge on any atom is -0.0654 e. The summed E-state index contributed by atoms with van der Waals surface area (Å²) >= 11 is 0. The van der Waals surface area contributed by atoms with Crippen LogP contribution in [0, 0.1) is 5.41 Å². The lowest BCUT2D eigenvalue weighted by molar-refractivity contribution is 0.258. The summed E-state index contributed by atoms with van der Waals surface area (Å²) < 4.78 is 0. The molecule has 0 bridgehead atoms. The van der Waals surface area contributed by atoms with Gasteiger partial charge in [-0.05, 0) is 30.2 Å². The van der Waals surface area contributed by atoms with E-state index in [9.17, 15) is 0 Å². The summed E-state index contributed by atoms with van der Waals surface area (Å²) in [5.41, 5.74) is 2.03. The second kappa shape index (κ2) is 5.95. The fourth-order valence-corrected chi connectivity index (χ4v) is 2.17. The molecule has 0 fully saturated rings. The van der Waals surface area contributed by atoms with Crippen LogP contribution >= 0.6 is 0 Å². The molecule has 15 heavy (non-hydrogen) atoms. The van der Waals surface area contributed by atoms with Gasteiger partial charge in [0.1, 0.15) is 0 Å². The Morgan fingerprint density at radius 1 is 1.00 bits per heavy atom. The van der Waals surface area contributed by atoms with E-state index in [0.717, 1.165) is 0 Å². The molecule has 1 atom stereocenters. The highest BCUT2D eigenvalue weighted by Gasteiger charge is 2.20. The Morgan fingerprint density at radius 3 is 2.20 bits per heavy atom. The molecule has 0 saturated carbocycles. The smallest absolute Gasteiger partial charge is 0.0274 e. The molecule has 1 aromatic carbocycles. The lowest BCUT2D eigenvalue weighted by atomic mass is 9.78. The third kappa shape index (κ3) is 4.07. The minimum absolute atomic E-state index is 0.546. The highest BCUT2D eigenvalue weighted by atomic mass is 14.3. The van der Waals surface area contributed by atoms with E-state index < -0.39 is 0 Å². The Balaban J connectivity index is 2.47. The maximum Gasteiger partial charge on any atom is -0.0274 e. The molecular weight excluding hydrogens is 180 g/mol. The quantitative estimate of drug-likeness (QED) is 0.622. The third-order valence-corrected chi connectivity index (χ3v) is 3.57. The summed E-state index contributed by atoms with van der Waals surface area (Å²) in [4.78, 5) is 0. The van der Waals surface area contributed by atoms with Gasteiger partial charge in [0.15, 0.2) is 0 Å². The van der Waals surface area contributed by atoms with Gasteiger partial charge >= 0.3 is 0 Å². The zero-order valence-corrected chi connectivity index (χ0v) is 10.4. The van der Waals surface area contributed by atoms with Crippen LogP contribution in [-0.2, 0) is 6.42 Å². The molecule has 0 amide bonds. The van der Waals surface area contributed by atoms with Crippen molar-refractivity contribution in [3.05, 3.63) is 35.9 Å². The van der Waals surface area contributed by atoms with Crippen LogP contribution in [0.15, 0.2) is 30.3 Å². The predicted molar refractivity (Wildman–Crippen MR) is 68.1 cm³/mol. The van der Waals surface area contributed by atoms with Gasteiger partial charge in [-0.2, -0.15) is 0 Å². The van der Waals surface area contributed by atoms with Crippen LogP contribution in [0.5, 0.6) is 0 Å². The number of hydrogen-bond donors (Lipinski definition) is 0. The second-order valence-electron chi connectivity index (χ2n) is 4.90. The van der Waals surface area contributed by atoms with Crippen molar-refractivity contribution in [2.24, 2.45) is 5.41 Å². The molecule has 1 unspecified atom stereocenters. The van der Waals surface area contributed by atoms with Crippen LogP contribution in [0.1, 0.15) is 52.0 Å². The Labute approximate surface area is 94.7 Å². The Morgan fingerprint density at radius 2 is 1.67 bits per heavy atom. The van der Waals surface area contributed by atoms with E-state index in [1.54, 1.807) is 0 Å². The van der Waals surface area contributed by atoms with Crippen LogP contribution in [0.2, 0.25) is 0 Å². The van der Waals surface area contributed by atoms with Crippen molar-refractivity contribution in [2.75, 3.05) is 0 Å². The lowest BCUT2D eigenvalue weighted by Crippen LogP contribution is -2.15. The fraction of sp³-hybridized carbons (Fsp3) is 0.600. The third-order valence-electron chi connectivity index (χ3n) is 3.57. The van der Waals surface area contributed by atoms with Crippen molar-refractivity contribution in [2.45, 2.75) is 52.9 Å². The van der Waals surface area contributed by atoms with Gasteiger partial charge in [0.2, 0.25) is 0 Å². The van der Waals surface area contributed by atoms with Crippen molar-refractivity contribution in [1.29, 1.82) is 0 Å². The van der Waals surface area contributed by atoms with Gasteiger partial charge in [-0.1, -0.05) is 63.9 Å². The first kappa shape index (κ1) is 12.3. The highest BCUT2D eigenvalue weighted by molar-refractivity contribution is 5.14. The van der Waals surface area contributed by atoms with E-state index in [0.29, 0.717) is 5.41 Å². The van der Waals surface area contributed by atoms with Gasteiger partial charge in [0.05, 0.1) is 0 Å². The predicted octanol–water partition coefficient (Wildman–Crippen LogP) is 4.84. The Kier molecular flexibility index (Phi) is 4.87. The maximum atomic E-state index is 2.43. The average molecular weight is 204 g/mol. The minimum atomic E-state index is 0.546. The summed E-state index contributed by atoms with van der Waals surface area (Å²) in [6.07, 6.45) is 6.51. The normalized spacial score (nSPS) is 14.9. The molecule has 0 heteroatoms. The largest absolute Gasteiger partial charge is 0.0654 e. The summed E-state index contributed by atoms with van der Waals surface area (Å²) in [5.74, 6) is 0. The van der Waals surface area contributed by atoms with E-state index >= 15 is 0 Å². The molecule has 0 aromatic heterocycles. The average Bonchev–Trinajstić information content (AvgIpc) is 2.28. The summed E-state index contributed by atoms with van der Waals surface area (Å²) in [6.45, 7) is 7.04. The standard InChI is InChI=1S/C15H24/c1-4-12-15(3,5-2)13-11-14-9-7-6-8-10-14/h6-10H,4-5,11-13H2,1-3H3. The van der Waals surface area contributed by atoms with Crippen molar-refractivity contribution in [3.8, 4) is 0 Å². The molecular formula is C15H24. The highest BCUT2D eigenvalue weighted by Crippen LogP contribution is 2.32. The monoisotopic (exact) mass is 204 g/mol. The van der Waals surface area contributed by atoms with Crippen LogP contribution in [0.3, 0.4) is 0 Å². The first-order chi connectivity index (χ1) is 7.20. The van der Waals surface area contributed by atoms with Crippen LogP contribution in [0.25, 0.3) is 0 Å². The first-order valence-electron chi connectivity index (χ1n) is 6.24. The summed E-state index contributed by atoms with van der Waals surface area (Å²) in [6, 6.07) is 10.8. The molecule has 0 nitrogen and oxygen atoms in total. The summed E-state index contributed by atoms with van der Waals surface area (Å²) in [5, 5.41) is 0. The van der Waals surface area contributed by atoms with Crippen molar-refractivity contribution < 1.29 is 0 Å². The van der Waals surface area contributed by atoms with Gasteiger partial charge in [0, 0.05) is 0 Å². The van der Waals surface area contributed by atoms with Gasteiger partial charge < -0.3 is 0 Å². The van der Waals surface area contributed by atoms with Crippen LogP contribution in [0.4, 0.5) is 0 Å². The Bertz CT molecular complexity index is 263. The number of benzene rings is 1. The van der Waals surface area contributed by atoms with E-state index in [-0.39, 0.29) is 0 Å². The molecule has 0 heterocycles. The molecule has 0 aliphatic carbocycles. The Hall–Kier alpha value is -0.780. The number of hydrogen-bond acceptors (Lipinski definition) is 0. The molecule has 1 rings (SSSR count). The maximum absolute atomic E-state index is 2.43.